The normalized spacial score (nSPS) is 10.9. The van der Waals surface area contributed by atoms with Crippen LogP contribution in [0, 0.1) is 60.4 Å². The Morgan fingerprint density at radius 2 is 1.00 bits per heavy atom. The fourth-order valence-corrected chi connectivity index (χ4v) is 3.70. The third-order valence-electron chi connectivity index (χ3n) is 5.82. The summed E-state index contributed by atoms with van der Waals surface area (Å²) in [6.45, 7) is 2.82. The van der Waals surface area contributed by atoms with E-state index in [0.717, 1.165) is 11.1 Å². The van der Waals surface area contributed by atoms with E-state index in [1.165, 1.54) is 24.3 Å². The maximum Gasteiger partial charge on any atom is 0.261 e. The van der Waals surface area contributed by atoms with Crippen molar-refractivity contribution >= 4 is 17.3 Å². The SMILES string of the molecule is Cc1ccc(NCOc2c(F)c(F)c(-c3c(F)c(F)c(C(=O)Nc4ccc(C)cc4)c(F)c3F)c(F)c2F)cc1. The highest BCUT2D eigenvalue weighted by atomic mass is 19.2. The molecule has 0 aromatic heterocycles. The molecule has 1 amide bonds. The van der Waals surface area contributed by atoms with Gasteiger partial charge in [-0.15, -0.1) is 0 Å². The summed E-state index contributed by atoms with van der Waals surface area (Å²) in [6.07, 6.45) is 0. The molecule has 12 heteroatoms. The first kappa shape index (κ1) is 28.4. The molecule has 0 aliphatic carbocycles. The number of amides is 1. The third kappa shape index (κ3) is 5.29. The van der Waals surface area contributed by atoms with E-state index in [-0.39, 0.29) is 5.69 Å². The molecule has 0 radical (unpaired) electrons. The van der Waals surface area contributed by atoms with Gasteiger partial charge in [0, 0.05) is 11.4 Å². The molecule has 0 aliphatic heterocycles. The van der Waals surface area contributed by atoms with Crippen LogP contribution in [0.25, 0.3) is 11.1 Å². The summed E-state index contributed by atoms with van der Waals surface area (Å²) in [7, 11) is 0. The second-order valence-corrected chi connectivity index (χ2v) is 8.62. The first-order valence-electron chi connectivity index (χ1n) is 11.5. The highest BCUT2D eigenvalue weighted by Crippen LogP contribution is 2.40. The number of aryl methyl sites for hydroxylation is 2. The molecule has 0 bridgehead atoms. The molecule has 4 aromatic rings. The van der Waals surface area contributed by atoms with Crippen LogP contribution in [0.4, 0.5) is 46.5 Å². The lowest BCUT2D eigenvalue weighted by Gasteiger charge is -2.16. The molecular weight excluding hydrogens is 548 g/mol. The molecule has 0 saturated carbocycles. The van der Waals surface area contributed by atoms with Crippen LogP contribution in [0.3, 0.4) is 0 Å². The van der Waals surface area contributed by atoms with Crippen LogP contribution >= 0.6 is 0 Å². The number of halogens is 8. The lowest BCUT2D eigenvalue weighted by atomic mass is 9.98. The van der Waals surface area contributed by atoms with Gasteiger partial charge < -0.3 is 15.4 Å². The van der Waals surface area contributed by atoms with Crippen molar-refractivity contribution in [2.24, 2.45) is 0 Å². The maximum absolute atomic E-state index is 14.9. The predicted molar refractivity (Wildman–Crippen MR) is 131 cm³/mol. The van der Waals surface area contributed by atoms with Crippen molar-refractivity contribution in [1.82, 2.24) is 0 Å². The minimum Gasteiger partial charge on any atom is -0.467 e. The van der Waals surface area contributed by atoms with Crippen molar-refractivity contribution in [3.05, 3.63) is 112 Å². The molecule has 0 fully saturated rings. The van der Waals surface area contributed by atoms with E-state index >= 15 is 0 Å². The molecular formula is C28H18F8N2O2. The Bertz CT molecular complexity index is 1550. The van der Waals surface area contributed by atoms with Crippen molar-refractivity contribution in [3.8, 4) is 16.9 Å². The van der Waals surface area contributed by atoms with Gasteiger partial charge in [-0.1, -0.05) is 35.4 Å². The van der Waals surface area contributed by atoms with E-state index in [4.69, 9.17) is 4.74 Å². The Hall–Kier alpha value is -4.61. The van der Waals surface area contributed by atoms with Crippen molar-refractivity contribution in [2.75, 3.05) is 17.4 Å². The van der Waals surface area contributed by atoms with E-state index < -0.39 is 81.6 Å². The molecule has 0 aliphatic rings. The van der Waals surface area contributed by atoms with Crippen LogP contribution in [0.1, 0.15) is 21.5 Å². The number of hydrogen-bond acceptors (Lipinski definition) is 3. The van der Waals surface area contributed by atoms with Crippen LogP contribution in [0.5, 0.6) is 5.75 Å². The Morgan fingerprint density at radius 3 is 1.45 bits per heavy atom. The lowest BCUT2D eigenvalue weighted by Crippen LogP contribution is -2.19. The summed E-state index contributed by atoms with van der Waals surface area (Å²) >= 11 is 0. The Kier molecular flexibility index (Phi) is 7.98. The van der Waals surface area contributed by atoms with Crippen LogP contribution in [0.2, 0.25) is 0 Å². The van der Waals surface area contributed by atoms with Crippen LogP contribution in [0.15, 0.2) is 48.5 Å². The number of rotatable bonds is 7. The van der Waals surface area contributed by atoms with Crippen molar-refractivity contribution in [2.45, 2.75) is 13.8 Å². The highest BCUT2D eigenvalue weighted by Gasteiger charge is 2.36. The minimum atomic E-state index is -2.46. The number of benzene rings is 4. The first-order chi connectivity index (χ1) is 18.9. The molecule has 4 aromatic carbocycles. The molecule has 0 atom stereocenters. The van der Waals surface area contributed by atoms with Crippen molar-refractivity contribution < 1.29 is 44.7 Å². The van der Waals surface area contributed by atoms with Crippen molar-refractivity contribution in [1.29, 1.82) is 0 Å². The molecule has 208 valence electrons. The molecule has 4 nitrogen and oxygen atoms in total. The molecule has 2 N–H and O–H groups in total. The molecule has 0 saturated heterocycles. The zero-order valence-electron chi connectivity index (χ0n) is 20.7. The smallest absolute Gasteiger partial charge is 0.261 e. The highest BCUT2D eigenvalue weighted by molar-refractivity contribution is 6.05. The van der Waals surface area contributed by atoms with Gasteiger partial charge in [0.2, 0.25) is 11.6 Å². The van der Waals surface area contributed by atoms with E-state index in [1.54, 1.807) is 38.1 Å². The van der Waals surface area contributed by atoms with Gasteiger partial charge in [0.25, 0.3) is 5.91 Å². The number of carbonyl (C=O) groups is 1. The van der Waals surface area contributed by atoms with Gasteiger partial charge in [-0.25, -0.2) is 26.3 Å². The van der Waals surface area contributed by atoms with Crippen LogP contribution in [-0.4, -0.2) is 12.6 Å². The van der Waals surface area contributed by atoms with E-state index in [0.29, 0.717) is 5.69 Å². The average Bonchev–Trinajstić information content (AvgIpc) is 2.92. The van der Waals surface area contributed by atoms with Gasteiger partial charge in [0.15, 0.2) is 47.4 Å². The average molecular weight is 566 g/mol. The maximum atomic E-state index is 14.9. The molecule has 4 rings (SSSR count). The van der Waals surface area contributed by atoms with E-state index in [2.05, 4.69) is 5.32 Å². The summed E-state index contributed by atoms with van der Waals surface area (Å²) in [5.41, 5.74) is -3.84. The van der Waals surface area contributed by atoms with Crippen molar-refractivity contribution in [3.63, 3.8) is 0 Å². The first-order valence-corrected chi connectivity index (χ1v) is 11.5. The molecule has 0 unspecified atom stereocenters. The number of nitrogens with one attached hydrogen (secondary N) is 2. The van der Waals surface area contributed by atoms with Gasteiger partial charge in [-0.2, -0.15) is 8.78 Å². The summed E-state index contributed by atoms with van der Waals surface area (Å²) < 4.78 is 123. The zero-order chi connectivity index (χ0) is 29.3. The zero-order valence-corrected chi connectivity index (χ0v) is 20.7. The number of ether oxygens (including phenoxy) is 1. The van der Waals surface area contributed by atoms with Gasteiger partial charge in [-0.3, -0.25) is 4.79 Å². The molecule has 0 spiro atoms. The second kappa shape index (κ2) is 11.2. The fraction of sp³-hybridized carbons (Fsp3) is 0.107. The summed E-state index contributed by atoms with van der Waals surface area (Å²) in [6, 6.07) is 12.2. The van der Waals surface area contributed by atoms with Crippen LogP contribution < -0.4 is 15.4 Å². The number of anilines is 2. The van der Waals surface area contributed by atoms with Crippen LogP contribution in [-0.2, 0) is 0 Å². The van der Waals surface area contributed by atoms with E-state index in [9.17, 15) is 39.9 Å². The number of hydrogen-bond donors (Lipinski definition) is 2. The largest absolute Gasteiger partial charge is 0.467 e. The standard InChI is InChI=1S/C28H18F8N2O2/c1-12-3-7-14(8-4-12)37-11-40-27-25(35)21(31)17(22(32)26(27)36)16-19(29)23(33)18(24(34)20(16)30)28(39)38-15-9-5-13(2)6-10-15/h3-10,37H,11H2,1-2H3,(H,38,39). The van der Waals surface area contributed by atoms with Gasteiger partial charge in [-0.05, 0) is 38.1 Å². The topological polar surface area (TPSA) is 50.4 Å². The predicted octanol–water partition coefficient (Wildman–Crippen LogP) is 7.78. The monoisotopic (exact) mass is 566 g/mol. The van der Waals surface area contributed by atoms with Gasteiger partial charge in [0.1, 0.15) is 5.56 Å². The molecule has 0 heterocycles. The lowest BCUT2D eigenvalue weighted by molar-refractivity contribution is 0.101. The van der Waals surface area contributed by atoms with Gasteiger partial charge in [0.05, 0.1) is 11.1 Å². The Morgan fingerprint density at radius 1 is 0.600 bits per heavy atom. The fourth-order valence-electron chi connectivity index (χ4n) is 3.70. The summed E-state index contributed by atoms with van der Waals surface area (Å²) in [5, 5.41) is 4.59. The quantitative estimate of drug-likeness (QED) is 0.137. The van der Waals surface area contributed by atoms with E-state index in [1.807, 2.05) is 5.32 Å². The number of carbonyl (C=O) groups excluding carboxylic acids is 1. The van der Waals surface area contributed by atoms with Gasteiger partial charge >= 0.3 is 0 Å². The second-order valence-electron chi connectivity index (χ2n) is 8.62. The molecule has 40 heavy (non-hydrogen) atoms. The third-order valence-corrected chi connectivity index (χ3v) is 5.82. The Labute approximate surface area is 222 Å². The summed E-state index contributed by atoms with van der Waals surface area (Å²) in [4.78, 5) is 12.4. The summed E-state index contributed by atoms with van der Waals surface area (Å²) in [5.74, 6) is -22.1. The Balaban J connectivity index is 1.70. The minimum absolute atomic E-state index is 0.00739.